The number of rotatable bonds is 2. The van der Waals surface area contributed by atoms with Gasteiger partial charge in [0.2, 0.25) is 0 Å². The van der Waals surface area contributed by atoms with E-state index in [4.69, 9.17) is 4.42 Å². The summed E-state index contributed by atoms with van der Waals surface area (Å²) >= 11 is 0. The van der Waals surface area contributed by atoms with Gasteiger partial charge in [0, 0.05) is 18.1 Å². The van der Waals surface area contributed by atoms with Crippen LogP contribution in [0.25, 0.3) is 22.1 Å². The smallest absolute Gasteiger partial charge is 0.344 e. The van der Waals surface area contributed by atoms with E-state index >= 15 is 0 Å². The van der Waals surface area contributed by atoms with Crippen molar-refractivity contribution in [2.45, 2.75) is 0 Å². The summed E-state index contributed by atoms with van der Waals surface area (Å²) in [4.78, 5) is 12.0. The van der Waals surface area contributed by atoms with Crippen LogP contribution in [0.15, 0.2) is 63.8 Å². The van der Waals surface area contributed by atoms with Gasteiger partial charge in [0.1, 0.15) is 5.58 Å². The molecule has 3 heteroatoms. The van der Waals surface area contributed by atoms with Crippen LogP contribution in [-0.4, -0.2) is 7.05 Å². The molecule has 0 fully saturated rings. The summed E-state index contributed by atoms with van der Waals surface area (Å²) in [5, 5.41) is 3.97. The van der Waals surface area contributed by atoms with Gasteiger partial charge in [-0.15, -0.1) is 0 Å². The Morgan fingerprint density at radius 3 is 2.47 bits per heavy atom. The van der Waals surface area contributed by atoms with E-state index in [1.165, 1.54) is 0 Å². The van der Waals surface area contributed by atoms with Gasteiger partial charge in [0.05, 0.1) is 5.56 Å². The lowest BCUT2D eigenvalue weighted by Gasteiger charge is -2.04. The summed E-state index contributed by atoms with van der Waals surface area (Å²) < 4.78 is 5.33. The lowest BCUT2D eigenvalue weighted by atomic mass is 10.1. The largest absolute Gasteiger partial charge is 0.422 e. The maximum absolute atomic E-state index is 12.0. The summed E-state index contributed by atoms with van der Waals surface area (Å²) in [6.45, 7) is 0. The number of hydrogen-bond donors (Lipinski definition) is 1. The highest BCUT2D eigenvalue weighted by atomic mass is 16.4. The van der Waals surface area contributed by atoms with Crippen molar-refractivity contribution in [2.24, 2.45) is 0 Å². The van der Waals surface area contributed by atoms with Crippen molar-refractivity contribution in [2.75, 3.05) is 12.4 Å². The molecule has 3 nitrogen and oxygen atoms in total. The van der Waals surface area contributed by atoms with Crippen LogP contribution in [0.3, 0.4) is 0 Å². The van der Waals surface area contributed by atoms with Gasteiger partial charge >= 0.3 is 5.63 Å². The molecule has 0 radical (unpaired) electrons. The molecule has 0 bridgehead atoms. The van der Waals surface area contributed by atoms with E-state index in [1.807, 2.05) is 55.6 Å². The zero-order valence-electron chi connectivity index (χ0n) is 10.5. The van der Waals surface area contributed by atoms with E-state index in [9.17, 15) is 4.79 Å². The molecular formula is C16H13NO2. The lowest BCUT2D eigenvalue weighted by Crippen LogP contribution is -2.02. The summed E-state index contributed by atoms with van der Waals surface area (Å²) in [6.07, 6.45) is 0. The predicted molar refractivity (Wildman–Crippen MR) is 77.5 cm³/mol. The van der Waals surface area contributed by atoms with Gasteiger partial charge in [0.15, 0.2) is 0 Å². The van der Waals surface area contributed by atoms with Gasteiger partial charge in [-0.3, -0.25) is 0 Å². The Morgan fingerprint density at radius 1 is 1.00 bits per heavy atom. The standard InChI is InChI=1S/C16H13NO2/c1-17-13-8-6-11(7-9-13)14-10-12-4-2-3-5-15(12)19-16(14)18/h2-10,17H,1H3. The molecule has 0 unspecified atom stereocenters. The molecule has 0 aliphatic rings. The van der Waals surface area contributed by atoms with Crippen molar-refractivity contribution in [1.29, 1.82) is 0 Å². The lowest BCUT2D eigenvalue weighted by molar-refractivity contribution is 0.563. The number of fused-ring (bicyclic) bond motifs is 1. The third-order valence-corrected chi connectivity index (χ3v) is 3.13. The SMILES string of the molecule is CNc1ccc(-c2cc3ccccc3oc2=O)cc1. The van der Waals surface area contributed by atoms with Crippen LogP contribution in [0, 0.1) is 0 Å². The topological polar surface area (TPSA) is 42.2 Å². The summed E-state index contributed by atoms with van der Waals surface area (Å²) in [7, 11) is 1.86. The van der Waals surface area contributed by atoms with Gasteiger partial charge < -0.3 is 9.73 Å². The number of para-hydroxylation sites is 1. The molecule has 19 heavy (non-hydrogen) atoms. The van der Waals surface area contributed by atoms with Gasteiger partial charge in [-0.05, 0) is 29.8 Å². The molecule has 1 N–H and O–H groups in total. The number of nitrogens with one attached hydrogen (secondary N) is 1. The Hall–Kier alpha value is -2.55. The quantitative estimate of drug-likeness (QED) is 0.709. The van der Waals surface area contributed by atoms with Crippen molar-refractivity contribution in [3.05, 3.63) is 65.0 Å². The van der Waals surface area contributed by atoms with Crippen LogP contribution < -0.4 is 10.9 Å². The minimum atomic E-state index is -0.309. The molecule has 94 valence electrons. The van der Waals surface area contributed by atoms with Crippen LogP contribution >= 0.6 is 0 Å². The Morgan fingerprint density at radius 2 is 1.74 bits per heavy atom. The molecule has 0 spiro atoms. The molecule has 3 aromatic rings. The second kappa shape index (κ2) is 4.61. The summed E-state index contributed by atoms with van der Waals surface area (Å²) in [5.74, 6) is 0. The summed E-state index contributed by atoms with van der Waals surface area (Å²) in [5.41, 5.74) is 2.76. The normalized spacial score (nSPS) is 10.6. The molecule has 1 aromatic heterocycles. The molecular weight excluding hydrogens is 238 g/mol. The van der Waals surface area contributed by atoms with Crippen molar-refractivity contribution in [3.8, 4) is 11.1 Å². The highest BCUT2D eigenvalue weighted by Gasteiger charge is 2.07. The Balaban J connectivity index is 2.18. The maximum atomic E-state index is 12.0. The van der Waals surface area contributed by atoms with E-state index in [-0.39, 0.29) is 5.63 Å². The highest BCUT2D eigenvalue weighted by molar-refractivity contribution is 5.81. The zero-order chi connectivity index (χ0) is 13.2. The maximum Gasteiger partial charge on any atom is 0.344 e. The second-order valence-corrected chi connectivity index (χ2v) is 4.31. The fourth-order valence-electron chi connectivity index (χ4n) is 2.08. The van der Waals surface area contributed by atoms with Crippen LogP contribution in [0.5, 0.6) is 0 Å². The number of hydrogen-bond acceptors (Lipinski definition) is 3. The number of benzene rings is 2. The third kappa shape index (κ3) is 2.10. The van der Waals surface area contributed by atoms with Crippen molar-refractivity contribution in [3.63, 3.8) is 0 Å². The minimum Gasteiger partial charge on any atom is -0.422 e. The van der Waals surface area contributed by atoms with E-state index in [0.717, 1.165) is 16.6 Å². The van der Waals surface area contributed by atoms with E-state index in [2.05, 4.69) is 5.32 Å². The van der Waals surface area contributed by atoms with Crippen molar-refractivity contribution in [1.82, 2.24) is 0 Å². The van der Waals surface area contributed by atoms with E-state index < -0.39 is 0 Å². The van der Waals surface area contributed by atoms with Gasteiger partial charge in [-0.25, -0.2) is 4.79 Å². The van der Waals surface area contributed by atoms with E-state index in [1.54, 1.807) is 6.07 Å². The van der Waals surface area contributed by atoms with Crippen molar-refractivity contribution < 1.29 is 4.42 Å². The van der Waals surface area contributed by atoms with Gasteiger partial charge in [-0.1, -0.05) is 30.3 Å². The van der Waals surface area contributed by atoms with Crippen LogP contribution in [0.1, 0.15) is 0 Å². The molecule has 1 heterocycles. The summed E-state index contributed by atoms with van der Waals surface area (Å²) in [6, 6.07) is 17.1. The van der Waals surface area contributed by atoms with Crippen LogP contribution in [0.4, 0.5) is 5.69 Å². The van der Waals surface area contributed by atoms with Crippen LogP contribution in [0.2, 0.25) is 0 Å². The first-order valence-electron chi connectivity index (χ1n) is 6.09. The monoisotopic (exact) mass is 251 g/mol. The van der Waals surface area contributed by atoms with Gasteiger partial charge in [-0.2, -0.15) is 0 Å². The average molecular weight is 251 g/mol. The zero-order valence-corrected chi connectivity index (χ0v) is 10.5. The van der Waals surface area contributed by atoms with Gasteiger partial charge in [0.25, 0.3) is 0 Å². The average Bonchev–Trinajstić information content (AvgIpc) is 2.47. The van der Waals surface area contributed by atoms with E-state index in [0.29, 0.717) is 11.1 Å². The Labute approximate surface area is 110 Å². The first-order chi connectivity index (χ1) is 9.28. The first-order valence-corrected chi connectivity index (χ1v) is 6.09. The fraction of sp³-hybridized carbons (Fsp3) is 0.0625. The highest BCUT2D eigenvalue weighted by Crippen LogP contribution is 2.22. The molecule has 0 saturated carbocycles. The first kappa shape index (κ1) is 11.5. The molecule has 0 atom stereocenters. The Bertz CT molecular complexity index is 773. The molecule has 2 aromatic carbocycles. The fourth-order valence-corrected chi connectivity index (χ4v) is 2.08. The van der Waals surface area contributed by atoms with Crippen LogP contribution in [-0.2, 0) is 0 Å². The molecule has 0 saturated heterocycles. The second-order valence-electron chi connectivity index (χ2n) is 4.31. The predicted octanol–water partition coefficient (Wildman–Crippen LogP) is 3.50. The van der Waals surface area contributed by atoms with Crippen molar-refractivity contribution >= 4 is 16.7 Å². The molecule has 0 amide bonds. The number of anilines is 1. The molecule has 0 aliphatic carbocycles. The minimum absolute atomic E-state index is 0.309. The molecule has 0 aliphatic heterocycles. The Kier molecular flexibility index (Phi) is 2.80. The third-order valence-electron chi connectivity index (χ3n) is 3.13. The molecule has 3 rings (SSSR count).